The van der Waals surface area contributed by atoms with Gasteiger partial charge in [0.25, 0.3) is 5.91 Å². The Morgan fingerprint density at radius 1 is 0.886 bits per heavy atom. The van der Waals surface area contributed by atoms with E-state index in [-0.39, 0.29) is 37.0 Å². The molecule has 226 valence electrons. The van der Waals surface area contributed by atoms with Crippen molar-refractivity contribution in [2.24, 2.45) is 5.92 Å². The van der Waals surface area contributed by atoms with Gasteiger partial charge in [0.1, 0.15) is 5.41 Å². The predicted molar refractivity (Wildman–Crippen MR) is 162 cm³/mol. The smallest absolute Gasteiger partial charge is 0.392 e. The summed E-state index contributed by atoms with van der Waals surface area (Å²) in [7, 11) is 0. The predicted octanol–water partition coefficient (Wildman–Crippen LogP) is 7.08. The molecule has 2 aliphatic heterocycles. The van der Waals surface area contributed by atoms with Crippen molar-refractivity contribution in [3.05, 3.63) is 136 Å². The van der Waals surface area contributed by atoms with E-state index in [0.717, 1.165) is 17.3 Å². The molecule has 2 heterocycles. The first-order chi connectivity index (χ1) is 21.1. The van der Waals surface area contributed by atoms with Crippen LogP contribution >= 0.6 is 0 Å². The van der Waals surface area contributed by atoms with Crippen LogP contribution in [0.5, 0.6) is 0 Å². The number of hydrogen-bond donors (Lipinski definition) is 1. The minimum atomic E-state index is -4.63. The lowest BCUT2D eigenvalue weighted by Crippen LogP contribution is -2.62. The van der Waals surface area contributed by atoms with Crippen molar-refractivity contribution in [1.29, 1.82) is 0 Å². The second kappa shape index (κ2) is 11.2. The zero-order valence-electron chi connectivity index (χ0n) is 24.5. The van der Waals surface area contributed by atoms with E-state index in [0.29, 0.717) is 28.8 Å². The molecule has 0 fully saturated rings. The van der Waals surface area contributed by atoms with E-state index < -0.39 is 29.1 Å². The summed E-state index contributed by atoms with van der Waals surface area (Å²) in [5, 5.41) is 9.74. The topological polar surface area (TPSA) is 60.9 Å². The van der Waals surface area contributed by atoms with Crippen molar-refractivity contribution in [3.8, 4) is 0 Å². The molecule has 4 aromatic rings. The van der Waals surface area contributed by atoms with Crippen molar-refractivity contribution < 1.29 is 27.9 Å². The molecule has 6 rings (SSSR count). The Morgan fingerprint density at radius 3 is 2.25 bits per heavy atom. The lowest BCUT2D eigenvalue weighted by Gasteiger charge is -2.54. The van der Waals surface area contributed by atoms with Gasteiger partial charge in [0.15, 0.2) is 0 Å². The largest absolute Gasteiger partial charge is 0.416 e. The Labute approximate surface area is 254 Å². The number of amides is 2. The average molecular weight is 599 g/mol. The maximum atomic E-state index is 15.2. The van der Waals surface area contributed by atoms with E-state index in [9.17, 15) is 23.1 Å². The highest BCUT2D eigenvalue weighted by atomic mass is 19.4. The Balaban J connectivity index is 1.65. The number of aliphatic hydroxyl groups excluding tert-OH is 1. The lowest BCUT2D eigenvalue weighted by molar-refractivity contribution is -0.138. The Morgan fingerprint density at radius 2 is 1.55 bits per heavy atom. The monoisotopic (exact) mass is 598 g/mol. The maximum absolute atomic E-state index is 15.2. The molecule has 44 heavy (non-hydrogen) atoms. The van der Waals surface area contributed by atoms with E-state index in [2.05, 4.69) is 0 Å². The summed E-state index contributed by atoms with van der Waals surface area (Å²) in [6, 6.07) is 26.0. The summed E-state index contributed by atoms with van der Waals surface area (Å²) in [5.74, 6) is -0.517. The maximum Gasteiger partial charge on any atom is 0.416 e. The van der Waals surface area contributed by atoms with Crippen LogP contribution in [0.1, 0.15) is 63.6 Å². The third kappa shape index (κ3) is 4.87. The molecule has 8 heteroatoms. The van der Waals surface area contributed by atoms with Gasteiger partial charge in [-0.05, 0) is 58.4 Å². The molecule has 0 bridgehead atoms. The summed E-state index contributed by atoms with van der Waals surface area (Å²) in [6.45, 7) is 3.94. The Hall–Kier alpha value is -4.43. The third-order valence-corrected chi connectivity index (χ3v) is 8.75. The summed E-state index contributed by atoms with van der Waals surface area (Å²) < 4.78 is 42.6. The van der Waals surface area contributed by atoms with Crippen LogP contribution in [0.4, 0.5) is 18.9 Å². The van der Waals surface area contributed by atoms with Crippen molar-refractivity contribution in [2.75, 3.05) is 11.4 Å². The highest BCUT2D eigenvalue weighted by molar-refractivity contribution is 6.09. The number of halogens is 3. The molecule has 0 saturated heterocycles. The second-order valence-electron chi connectivity index (χ2n) is 12.0. The zero-order chi connectivity index (χ0) is 31.2. The number of alkyl halides is 3. The standard InChI is InChI=1S/C36H33F3N2O3/c1-23(2)20-40-31-14-8-4-9-26(31)19-35(34(40)44)30-13-7-5-11-28(30)33(43)41(32(35)25-17-15-24(22-42)16-18-25)21-27-10-3-6-12-29(27)36(37,38)39/h3-18,23,32,42H,19-22H2,1-2H3/t32-,35-/m0/s1. The average Bonchev–Trinajstić information content (AvgIpc) is 3.01. The number of hydrogen-bond acceptors (Lipinski definition) is 3. The first-order valence-electron chi connectivity index (χ1n) is 14.7. The van der Waals surface area contributed by atoms with E-state index >= 15 is 4.79 Å². The van der Waals surface area contributed by atoms with Gasteiger partial charge >= 0.3 is 6.18 Å². The molecule has 0 radical (unpaired) electrons. The SMILES string of the molecule is CC(C)CN1C(=O)[C@@]2(Cc3ccccc31)c1ccccc1C(=O)N(Cc1ccccc1C(F)(F)F)[C@H]2c1ccc(CO)cc1. The molecule has 0 saturated carbocycles. The number of para-hydroxylation sites is 1. The van der Waals surface area contributed by atoms with Crippen molar-refractivity contribution >= 4 is 17.5 Å². The fourth-order valence-electron chi connectivity index (χ4n) is 6.92. The molecule has 0 unspecified atom stereocenters. The number of aliphatic hydroxyl groups is 1. The van der Waals surface area contributed by atoms with Crippen molar-refractivity contribution in [2.45, 2.75) is 51.1 Å². The van der Waals surface area contributed by atoms with Crippen LogP contribution in [-0.2, 0) is 36.0 Å². The fourth-order valence-corrected chi connectivity index (χ4v) is 6.92. The van der Waals surface area contributed by atoms with Crippen molar-refractivity contribution in [1.82, 2.24) is 4.90 Å². The first kappa shape index (κ1) is 29.6. The zero-order valence-corrected chi connectivity index (χ0v) is 24.5. The molecule has 5 nitrogen and oxygen atoms in total. The van der Waals surface area contributed by atoms with Crippen LogP contribution in [0.25, 0.3) is 0 Å². The normalized spacial score (nSPS) is 19.8. The number of carbonyl (C=O) groups excluding carboxylic acids is 2. The summed E-state index contributed by atoms with van der Waals surface area (Å²) >= 11 is 0. The number of fused-ring (bicyclic) bond motifs is 3. The molecule has 4 aromatic carbocycles. The number of carbonyl (C=O) groups is 2. The van der Waals surface area contributed by atoms with E-state index in [1.54, 1.807) is 47.4 Å². The molecule has 1 spiro atoms. The third-order valence-electron chi connectivity index (χ3n) is 8.75. The van der Waals surface area contributed by atoms with Gasteiger partial charge in [0.05, 0.1) is 18.2 Å². The minimum Gasteiger partial charge on any atom is -0.392 e. The molecule has 2 atom stereocenters. The summed E-state index contributed by atoms with van der Waals surface area (Å²) in [5.41, 5.74) is 1.63. The first-order valence-corrected chi connectivity index (χ1v) is 14.7. The van der Waals surface area contributed by atoms with Gasteiger partial charge in [-0.25, -0.2) is 0 Å². The van der Waals surface area contributed by atoms with Gasteiger partial charge in [-0.15, -0.1) is 0 Å². The van der Waals surface area contributed by atoms with Gasteiger partial charge in [0.2, 0.25) is 5.91 Å². The van der Waals surface area contributed by atoms with Gasteiger partial charge in [-0.3, -0.25) is 9.59 Å². The fraction of sp³-hybridized carbons (Fsp3) is 0.278. The summed E-state index contributed by atoms with van der Waals surface area (Å²) in [6.07, 6.45) is -4.37. The highest BCUT2D eigenvalue weighted by Crippen LogP contribution is 2.54. The van der Waals surface area contributed by atoms with Crippen molar-refractivity contribution in [3.63, 3.8) is 0 Å². The number of rotatable bonds is 6. The van der Waals surface area contributed by atoms with Gasteiger partial charge < -0.3 is 14.9 Å². The quantitative estimate of drug-likeness (QED) is 0.258. The number of nitrogens with zero attached hydrogens (tertiary/aromatic N) is 2. The molecular formula is C36H33F3N2O3. The Bertz CT molecular complexity index is 1720. The number of anilines is 1. The van der Waals surface area contributed by atoms with E-state index in [1.165, 1.54) is 23.1 Å². The minimum absolute atomic E-state index is 0.0532. The molecule has 0 aromatic heterocycles. The summed E-state index contributed by atoms with van der Waals surface area (Å²) in [4.78, 5) is 32.8. The van der Waals surface area contributed by atoms with Crippen LogP contribution in [0.2, 0.25) is 0 Å². The van der Waals surface area contributed by atoms with Crippen LogP contribution in [0.3, 0.4) is 0 Å². The molecule has 0 aliphatic carbocycles. The molecule has 2 amide bonds. The van der Waals surface area contributed by atoms with Gasteiger partial charge in [0, 0.05) is 24.3 Å². The van der Waals surface area contributed by atoms with Crippen LogP contribution in [0.15, 0.2) is 97.1 Å². The Kier molecular flexibility index (Phi) is 7.58. The van der Waals surface area contributed by atoms with Gasteiger partial charge in [-0.1, -0.05) is 92.7 Å². The van der Waals surface area contributed by atoms with Gasteiger partial charge in [-0.2, -0.15) is 13.2 Å². The van der Waals surface area contributed by atoms with E-state index in [4.69, 9.17) is 0 Å². The molecule has 2 aliphatic rings. The highest BCUT2D eigenvalue weighted by Gasteiger charge is 2.59. The molecule has 1 N–H and O–H groups in total. The van der Waals surface area contributed by atoms with Crippen LogP contribution < -0.4 is 4.90 Å². The van der Waals surface area contributed by atoms with E-state index in [1.807, 2.05) is 44.2 Å². The number of benzene rings is 4. The molecular weight excluding hydrogens is 565 g/mol. The van der Waals surface area contributed by atoms with Crippen LogP contribution in [0, 0.1) is 5.92 Å². The second-order valence-corrected chi connectivity index (χ2v) is 12.0. The lowest BCUT2D eigenvalue weighted by atomic mass is 9.61. The van der Waals surface area contributed by atoms with Crippen LogP contribution in [-0.4, -0.2) is 28.4 Å².